The Balaban J connectivity index is 2.53. The Labute approximate surface area is 65.6 Å². The minimum atomic E-state index is 0.251. The molecule has 1 fully saturated rings. The maximum Gasteiger partial charge on any atom is 0.0132 e. The van der Waals surface area contributed by atoms with Crippen LogP contribution in [0, 0.1) is 5.92 Å². The maximum absolute atomic E-state index is 2.58. The zero-order valence-electron chi connectivity index (χ0n) is 7.46. The van der Waals surface area contributed by atoms with Crippen LogP contribution in [-0.2, 0) is 0 Å². The predicted octanol–water partition coefficient (Wildman–Crippen LogP) is 2.37. The van der Waals surface area contributed by atoms with Crippen LogP contribution >= 0.6 is 8.07 Å². The fourth-order valence-electron chi connectivity index (χ4n) is 1.59. The average Bonchev–Trinajstić information content (AvgIpc) is 2.17. The molecule has 3 unspecified atom stereocenters. The van der Waals surface area contributed by atoms with Crippen molar-refractivity contribution >= 4 is 8.07 Å². The van der Waals surface area contributed by atoms with E-state index in [1.54, 1.807) is 0 Å². The van der Waals surface area contributed by atoms with Crippen LogP contribution in [0.5, 0.6) is 0 Å². The molecule has 0 spiro atoms. The number of rotatable bonds is 1. The van der Waals surface area contributed by atoms with Gasteiger partial charge < -0.3 is 0 Å². The summed E-state index contributed by atoms with van der Waals surface area (Å²) in [5.41, 5.74) is 0. The van der Waals surface area contributed by atoms with Crippen molar-refractivity contribution in [2.45, 2.75) is 26.8 Å². The van der Waals surface area contributed by atoms with Gasteiger partial charge in [-0.15, -0.1) is 0 Å². The lowest BCUT2D eigenvalue weighted by atomic mass is 10.1. The molecule has 0 aromatic rings. The Morgan fingerprint density at radius 1 is 1.50 bits per heavy atom. The van der Waals surface area contributed by atoms with Crippen molar-refractivity contribution < 1.29 is 0 Å². The van der Waals surface area contributed by atoms with E-state index in [2.05, 4.69) is 32.5 Å². The zero-order chi connectivity index (χ0) is 7.72. The first kappa shape index (κ1) is 8.49. The van der Waals surface area contributed by atoms with Crippen molar-refractivity contribution in [3.8, 4) is 0 Å². The lowest BCUT2D eigenvalue weighted by Crippen LogP contribution is -2.22. The van der Waals surface area contributed by atoms with Crippen LogP contribution in [0.3, 0.4) is 0 Å². The molecule has 0 bridgehead atoms. The number of nitrogens with zero attached hydrogens (tertiary/aromatic N) is 1. The van der Waals surface area contributed by atoms with Crippen molar-refractivity contribution in [3.05, 3.63) is 0 Å². The van der Waals surface area contributed by atoms with Gasteiger partial charge in [-0.2, -0.15) is 0 Å². The summed E-state index contributed by atoms with van der Waals surface area (Å²) < 4.78 is 2.58. The fourth-order valence-corrected chi connectivity index (χ4v) is 4.27. The van der Waals surface area contributed by atoms with Crippen LogP contribution in [0.2, 0.25) is 0 Å². The summed E-state index contributed by atoms with van der Waals surface area (Å²) in [6.07, 6.45) is 2.84. The molecule has 1 nitrogen and oxygen atoms in total. The minimum Gasteiger partial charge on any atom is -0.282 e. The van der Waals surface area contributed by atoms with Gasteiger partial charge in [0.05, 0.1) is 0 Å². The topological polar surface area (TPSA) is 3.24 Å². The SMILES string of the molecule is CCP1CC(C)C(C)N1C. The molecule has 1 saturated heterocycles. The Hall–Kier alpha value is 0.390. The highest BCUT2D eigenvalue weighted by Gasteiger charge is 2.31. The smallest absolute Gasteiger partial charge is 0.0132 e. The summed E-state index contributed by atoms with van der Waals surface area (Å²) in [7, 11) is 2.53. The third kappa shape index (κ3) is 1.35. The molecule has 0 aliphatic carbocycles. The lowest BCUT2D eigenvalue weighted by Gasteiger charge is -2.22. The molecular formula is C8H18NP. The van der Waals surface area contributed by atoms with Gasteiger partial charge in [0.25, 0.3) is 0 Å². The van der Waals surface area contributed by atoms with Crippen LogP contribution in [0.1, 0.15) is 20.8 Å². The van der Waals surface area contributed by atoms with Gasteiger partial charge in [-0.05, 0) is 40.3 Å². The third-order valence-electron chi connectivity index (χ3n) is 2.72. The van der Waals surface area contributed by atoms with Crippen molar-refractivity contribution in [3.63, 3.8) is 0 Å². The summed E-state index contributed by atoms with van der Waals surface area (Å²) in [6.45, 7) is 7.04. The van der Waals surface area contributed by atoms with Crippen molar-refractivity contribution in [2.24, 2.45) is 5.92 Å². The molecule has 1 aliphatic heterocycles. The molecule has 2 heteroatoms. The van der Waals surface area contributed by atoms with Crippen LogP contribution in [0.4, 0.5) is 0 Å². The molecule has 0 N–H and O–H groups in total. The van der Waals surface area contributed by atoms with Crippen molar-refractivity contribution in [1.29, 1.82) is 0 Å². The second kappa shape index (κ2) is 3.19. The fraction of sp³-hybridized carbons (Fsp3) is 1.00. The van der Waals surface area contributed by atoms with Crippen molar-refractivity contribution in [1.82, 2.24) is 4.67 Å². The number of hydrogen-bond acceptors (Lipinski definition) is 1. The first-order chi connectivity index (χ1) is 4.66. The summed E-state index contributed by atoms with van der Waals surface area (Å²) in [5, 5.41) is 0. The van der Waals surface area contributed by atoms with Crippen LogP contribution in [-0.4, -0.2) is 30.1 Å². The molecule has 0 aromatic heterocycles. The Kier molecular flexibility index (Phi) is 2.71. The van der Waals surface area contributed by atoms with Crippen LogP contribution in [0.15, 0.2) is 0 Å². The average molecular weight is 159 g/mol. The van der Waals surface area contributed by atoms with Gasteiger partial charge in [0.2, 0.25) is 0 Å². The minimum absolute atomic E-state index is 0.251. The maximum atomic E-state index is 2.58. The van der Waals surface area contributed by atoms with E-state index >= 15 is 0 Å². The summed E-state index contributed by atoms with van der Waals surface area (Å²) in [5.74, 6) is 0.927. The first-order valence-corrected chi connectivity index (χ1v) is 5.81. The van der Waals surface area contributed by atoms with E-state index in [0.717, 1.165) is 12.0 Å². The quantitative estimate of drug-likeness (QED) is 0.531. The van der Waals surface area contributed by atoms with Crippen LogP contribution < -0.4 is 0 Å². The Bertz CT molecular complexity index is 116. The van der Waals surface area contributed by atoms with E-state index in [-0.39, 0.29) is 8.07 Å². The molecule has 0 amide bonds. The molecule has 0 saturated carbocycles. The molecule has 3 atom stereocenters. The third-order valence-corrected chi connectivity index (χ3v) is 5.71. The zero-order valence-corrected chi connectivity index (χ0v) is 8.36. The van der Waals surface area contributed by atoms with Crippen LogP contribution in [0.25, 0.3) is 0 Å². The molecule has 1 heterocycles. The highest BCUT2D eigenvalue weighted by atomic mass is 31.1. The molecule has 1 rings (SSSR count). The van der Waals surface area contributed by atoms with Gasteiger partial charge in [-0.3, -0.25) is 4.67 Å². The molecule has 0 radical (unpaired) electrons. The van der Waals surface area contributed by atoms with Crippen molar-refractivity contribution in [2.75, 3.05) is 19.4 Å². The monoisotopic (exact) mass is 159 g/mol. The highest BCUT2D eigenvalue weighted by molar-refractivity contribution is 7.55. The molecule has 1 aliphatic rings. The Morgan fingerprint density at radius 2 is 2.10 bits per heavy atom. The van der Waals surface area contributed by atoms with Gasteiger partial charge in [-0.25, -0.2) is 0 Å². The second-order valence-electron chi connectivity index (χ2n) is 3.30. The Morgan fingerprint density at radius 3 is 2.30 bits per heavy atom. The van der Waals surface area contributed by atoms with E-state index in [4.69, 9.17) is 0 Å². The van der Waals surface area contributed by atoms with E-state index in [0.29, 0.717) is 0 Å². The molecule has 10 heavy (non-hydrogen) atoms. The summed E-state index contributed by atoms with van der Waals surface area (Å²) >= 11 is 0. The van der Waals surface area contributed by atoms with Gasteiger partial charge >= 0.3 is 0 Å². The molecular weight excluding hydrogens is 141 g/mol. The standard InChI is InChI=1S/C8H18NP/c1-5-10-6-7(2)8(3)9(10)4/h7-8H,5-6H2,1-4H3. The highest BCUT2D eigenvalue weighted by Crippen LogP contribution is 2.49. The van der Waals surface area contributed by atoms with Gasteiger partial charge in [0.1, 0.15) is 0 Å². The van der Waals surface area contributed by atoms with Gasteiger partial charge in [-0.1, -0.05) is 13.8 Å². The predicted molar refractivity (Wildman–Crippen MR) is 48.7 cm³/mol. The normalized spacial score (nSPS) is 42.6. The molecule has 0 aromatic carbocycles. The first-order valence-electron chi connectivity index (χ1n) is 4.14. The van der Waals surface area contributed by atoms with E-state index in [1.165, 1.54) is 12.3 Å². The van der Waals surface area contributed by atoms with E-state index in [1.807, 2.05) is 0 Å². The second-order valence-corrected chi connectivity index (χ2v) is 5.94. The summed E-state index contributed by atoms with van der Waals surface area (Å²) in [4.78, 5) is 0. The lowest BCUT2D eigenvalue weighted by molar-refractivity contribution is 0.374. The molecule has 60 valence electrons. The van der Waals surface area contributed by atoms with Gasteiger partial charge in [0, 0.05) is 6.04 Å². The number of hydrogen-bond donors (Lipinski definition) is 0. The van der Waals surface area contributed by atoms with E-state index in [9.17, 15) is 0 Å². The van der Waals surface area contributed by atoms with E-state index < -0.39 is 0 Å². The largest absolute Gasteiger partial charge is 0.282 e. The summed E-state index contributed by atoms with van der Waals surface area (Å²) in [6, 6.07) is 0.825. The van der Waals surface area contributed by atoms with Gasteiger partial charge in [0.15, 0.2) is 0 Å².